The Morgan fingerprint density at radius 2 is 2.50 bits per heavy atom. The Morgan fingerprint density at radius 3 is 3.06 bits per heavy atom. The molecule has 3 N–H and O–H groups in total. The van der Waals surface area contributed by atoms with Crippen LogP contribution in [0.25, 0.3) is 0 Å². The van der Waals surface area contributed by atoms with Crippen LogP contribution < -0.4 is 11.1 Å². The molecule has 0 radical (unpaired) electrons. The molecule has 2 rings (SSSR count). The smallest absolute Gasteiger partial charge is 0.221 e. The minimum Gasteiger partial charge on any atom is -0.444 e. The van der Waals surface area contributed by atoms with E-state index in [4.69, 9.17) is 10.2 Å². The van der Waals surface area contributed by atoms with Crippen molar-refractivity contribution in [3.8, 4) is 0 Å². The summed E-state index contributed by atoms with van der Waals surface area (Å²) in [6.45, 7) is 2.16. The number of nitrogens with zero attached hydrogens (tertiary/aromatic N) is 1. The van der Waals surface area contributed by atoms with Gasteiger partial charge in [0.25, 0.3) is 0 Å². The molecule has 1 heterocycles. The molecule has 1 atom stereocenters. The van der Waals surface area contributed by atoms with Crippen molar-refractivity contribution < 1.29 is 9.21 Å². The SMILES string of the molecule is Cc1cnc(CNC(=O)CC(N)C2CC2)o1. The van der Waals surface area contributed by atoms with Crippen molar-refractivity contribution in [3.05, 3.63) is 17.8 Å². The van der Waals surface area contributed by atoms with E-state index in [1.165, 1.54) is 0 Å². The van der Waals surface area contributed by atoms with Crippen LogP contribution in [0, 0.1) is 12.8 Å². The van der Waals surface area contributed by atoms with E-state index in [1.54, 1.807) is 6.20 Å². The number of hydrogen-bond acceptors (Lipinski definition) is 4. The normalized spacial score (nSPS) is 17.1. The second-order valence-corrected chi connectivity index (χ2v) is 4.35. The van der Waals surface area contributed by atoms with Crippen LogP contribution in [-0.4, -0.2) is 16.9 Å². The van der Waals surface area contributed by atoms with Crippen molar-refractivity contribution in [3.63, 3.8) is 0 Å². The summed E-state index contributed by atoms with van der Waals surface area (Å²) in [6.07, 6.45) is 4.35. The van der Waals surface area contributed by atoms with Gasteiger partial charge >= 0.3 is 0 Å². The van der Waals surface area contributed by atoms with Gasteiger partial charge in [-0.3, -0.25) is 4.79 Å². The number of nitrogens with two attached hydrogens (primary N) is 1. The van der Waals surface area contributed by atoms with Gasteiger partial charge in [-0.05, 0) is 25.7 Å². The summed E-state index contributed by atoms with van der Waals surface area (Å²) >= 11 is 0. The summed E-state index contributed by atoms with van der Waals surface area (Å²) in [5.41, 5.74) is 5.85. The second kappa shape index (κ2) is 4.65. The van der Waals surface area contributed by atoms with Crippen LogP contribution in [-0.2, 0) is 11.3 Å². The lowest BCUT2D eigenvalue weighted by atomic mass is 10.1. The molecule has 1 aromatic heterocycles. The number of aromatic nitrogens is 1. The van der Waals surface area contributed by atoms with Gasteiger partial charge in [0.15, 0.2) is 0 Å². The molecular formula is C11H17N3O2. The van der Waals surface area contributed by atoms with Crippen LogP contribution in [0.2, 0.25) is 0 Å². The molecule has 1 fully saturated rings. The maximum absolute atomic E-state index is 11.5. The molecule has 88 valence electrons. The summed E-state index contributed by atoms with van der Waals surface area (Å²) in [5.74, 6) is 1.80. The lowest BCUT2D eigenvalue weighted by molar-refractivity contribution is -0.121. The molecule has 1 aromatic rings. The van der Waals surface area contributed by atoms with Crippen LogP contribution in [0.3, 0.4) is 0 Å². The van der Waals surface area contributed by atoms with Crippen molar-refractivity contribution in [1.82, 2.24) is 10.3 Å². The third-order valence-electron chi connectivity index (χ3n) is 2.75. The highest BCUT2D eigenvalue weighted by Gasteiger charge is 2.29. The first-order valence-electron chi connectivity index (χ1n) is 5.58. The first-order valence-corrected chi connectivity index (χ1v) is 5.58. The van der Waals surface area contributed by atoms with E-state index < -0.39 is 0 Å². The molecule has 5 nitrogen and oxygen atoms in total. The van der Waals surface area contributed by atoms with Crippen molar-refractivity contribution in [2.24, 2.45) is 11.7 Å². The van der Waals surface area contributed by atoms with Gasteiger partial charge in [0, 0.05) is 12.5 Å². The molecule has 0 aromatic carbocycles. The predicted molar refractivity (Wildman–Crippen MR) is 58.4 cm³/mol. The Labute approximate surface area is 94.4 Å². The molecule has 1 amide bonds. The zero-order valence-electron chi connectivity index (χ0n) is 9.40. The molecule has 1 saturated carbocycles. The van der Waals surface area contributed by atoms with Gasteiger partial charge in [-0.15, -0.1) is 0 Å². The molecule has 0 bridgehead atoms. The van der Waals surface area contributed by atoms with Gasteiger partial charge in [0.05, 0.1) is 12.7 Å². The number of rotatable bonds is 5. The molecule has 0 aliphatic heterocycles. The van der Waals surface area contributed by atoms with Crippen molar-refractivity contribution in [2.45, 2.75) is 38.8 Å². The van der Waals surface area contributed by atoms with Crippen LogP contribution in [0.1, 0.15) is 30.9 Å². The van der Waals surface area contributed by atoms with Crippen molar-refractivity contribution in [1.29, 1.82) is 0 Å². The maximum Gasteiger partial charge on any atom is 0.221 e. The third-order valence-corrected chi connectivity index (χ3v) is 2.75. The topological polar surface area (TPSA) is 81.2 Å². The summed E-state index contributed by atoms with van der Waals surface area (Å²) in [4.78, 5) is 15.5. The minimum atomic E-state index is -0.0322. The highest BCUT2D eigenvalue weighted by molar-refractivity contribution is 5.76. The fourth-order valence-electron chi connectivity index (χ4n) is 1.63. The quantitative estimate of drug-likeness (QED) is 0.771. The number of carbonyl (C=O) groups is 1. The Bertz CT molecular complexity index is 371. The molecule has 0 spiro atoms. The van der Waals surface area contributed by atoms with E-state index in [1.807, 2.05) is 6.92 Å². The monoisotopic (exact) mass is 223 g/mol. The summed E-state index contributed by atoms with van der Waals surface area (Å²) in [5, 5.41) is 2.75. The Morgan fingerprint density at radius 1 is 1.75 bits per heavy atom. The molecule has 16 heavy (non-hydrogen) atoms. The molecule has 1 aliphatic carbocycles. The predicted octanol–water partition coefficient (Wildman–Crippen LogP) is 0.727. The molecule has 0 saturated heterocycles. The number of carbonyl (C=O) groups excluding carboxylic acids is 1. The Kier molecular flexibility index (Phi) is 3.24. The Hall–Kier alpha value is -1.36. The lowest BCUT2D eigenvalue weighted by Gasteiger charge is -2.09. The van der Waals surface area contributed by atoms with Gasteiger partial charge in [-0.25, -0.2) is 4.98 Å². The minimum absolute atomic E-state index is 0.00583. The molecule has 1 unspecified atom stereocenters. The van der Waals surface area contributed by atoms with Crippen LogP contribution in [0.15, 0.2) is 10.6 Å². The van der Waals surface area contributed by atoms with Crippen molar-refractivity contribution in [2.75, 3.05) is 0 Å². The number of oxazole rings is 1. The zero-order chi connectivity index (χ0) is 11.5. The largest absolute Gasteiger partial charge is 0.444 e. The van der Waals surface area contributed by atoms with E-state index in [0.717, 1.165) is 18.6 Å². The molecular weight excluding hydrogens is 206 g/mol. The van der Waals surface area contributed by atoms with E-state index in [9.17, 15) is 4.79 Å². The average Bonchev–Trinajstić information content (AvgIpc) is 3.00. The standard InChI is InChI=1S/C11H17N3O2/c1-7-5-14-11(16-7)6-13-10(15)4-9(12)8-2-3-8/h5,8-9H,2-4,6,12H2,1H3,(H,13,15). The highest BCUT2D eigenvalue weighted by Crippen LogP contribution is 2.32. The van der Waals surface area contributed by atoms with Gasteiger partial charge in [0.2, 0.25) is 11.8 Å². The first kappa shape index (κ1) is 11.1. The van der Waals surface area contributed by atoms with Gasteiger partial charge in [-0.2, -0.15) is 0 Å². The number of amides is 1. The zero-order valence-corrected chi connectivity index (χ0v) is 9.40. The summed E-state index contributed by atoms with van der Waals surface area (Å²) < 4.78 is 5.24. The summed E-state index contributed by atoms with van der Waals surface area (Å²) in [6, 6.07) is 0.00583. The average molecular weight is 223 g/mol. The van der Waals surface area contributed by atoms with E-state index in [0.29, 0.717) is 24.8 Å². The fourth-order valence-corrected chi connectivity index (χ4v) is 1.63. The van der Waals surface area contributed by atoms with Crippen molar-refractivity contribution >= 4 is 5.91 Å². The second-order valence-electron chi connectivity index (χ2n) is 4.35. The van der Waals surface area contributed by atoms with Crippen LogP contribution in [0.5, 0.6) is 0 Å². The van der Waals surface area contributed by atoms with E-state index in [-0.39, 0.29) is 11.9 Å². The van der Waals surface area contributed by atoms with Crippen LogP contribution >= 0.6 is 0 Å². The van der Waals surface area contributed by atoms with Gasteiger partial charge in [0.1, 0.15) is 5.76 Å². The summed E-state index contributed by atoms with van der Waals surface area (Å²) in [7, 11) is 0. The molecule has 5 heteroatoms. The van der Waals surface area contributed by atoms with Gasteiger partial charge in [-0.1, -0.05) is 0 Å². The molecule has 1 aliphatic rings. The third kappa shape index (κ3) is 3.06. The van der Waals surface area contributed by atoms with E-state index >= 15 is 0 Å². The number of hydrogen-bond donors (Lipinski definition) is 2. The first-order chi connectivity index (χ1) is 7.65. The lowest BCUT2D eigenvalue weighted by Crippen LogP contribution is -2.32. The number of aryl methyl sites for hydroxylation is 1. The number of nitrogens with one attached hydrogen (secondary N) is 1. The Balaban J connectivity index is 1.70. The fraction of sp³-hybridized carbons (Fsp3) is 0.636. The maximum atomic E-state index is 11.5. The highest BCUT2D eigenvalue weighted by atomic mass is 16.4. The van der Waals surface area contributed by atoms with Gasteiger partial charge < -0.3 is 15.5 Å². The van der Waals surface area contributed by atoms with Crippen LogP contribution in [0.4, 0.5) is 0 Å². The van der Waals surface area contributed by atoms with E-state index in [2.05, 4.69) is 10.3 Å².